The fourth-order valence-corrected chi connectivity index (χ4v) is 2.68. The van der Waals surface area contributed by atoms with Gasteiger partial charge in [-0.15, -0.1) is 13.2 Å². The van der Waals surface area contributed by atoms with E-state index in [1.807, 2.05) is 0 Å². The molecular weight excluding hydrogens is 325 g/mol. The fraction of sp³-hybridized carbons (Fsp3) is 0.562. The van der Waals surface area contributed by atoms with Crippen molar-refractivity contribution in [1.82, 2.24) is 4.90 Å². The predicted molar refractivity (Wildman–Crippen MR) is 81.1 cm³/mol. The van der Waals surface area contributed by atoms with Gasteiger partial charge in [-0.3, -0.25) is 4.79 Å². The van der Waals surface area contributed by atoms with E-state index in [-0.39, 0.29) is 24.1 Å². The molecule has 1 heterocycles. The van der Waals surface area contributed by atoms with Crippen molar-refractivity contribution in [2.24, 2.45) is 11.7 Å². The number of benzene rings is 1. The molecule has 2 rings (SSSR count). The van der Waals surface area contributed by atoms with E-state index in [4.69, 9.17) is 10.5 Å². The van der Waals surface area contributed by atoms with Crippen LogP contribution in [0.3, 0.4) is 0 Å². The molecule has 1 aliphatic heterocycles. The minimum atomic E-state index is -4.72. The van der Waals surface area contributed by atoms with Crippen LogP contribution in [0.4, 0.5) is 13.2 Å². The van der Waals surface area contributed by atoms with Crippen molar-refractivity contribution in [3.63, 3.8) is 0 Å². The molecule has 0 radical (unpaired) electrons. The van der Waals surface area contributed by atoms with Gasteiger partial charge in [0.05, 0.1) is 6.04 Å². The van der Waals surface area contributed by atoms with Crippen LogP contribution in [0.2, 0.25) is 0 Å². The summed E-state index contributed by atoms with van der Waals surface area (Å²) in [7, 11) is 1.63. The van der Waals surface area contributed by atoms with Crippen molar-refractivity contribution in [2.75, 3.05) is 20.3 Å². The Hall–Kier alpha value is -1.80. The van der Waals surface area contributed by atoms with Crippen LogP contribution in [0, 0.1) is 5.92 Å². The smallest absolute Gasteiger partial charge is 0.406 e. The van der Waals surface area contributed by atoms with Crippen LogP contribution in [0.1, 0.15) is 18.4 Å². The van der Waals surface area contributed by atoms with Gasteiger partial charge in [-0.1, -0.05) is 12.1 Å². The summed E-state index contributed by atoms with van der Waals surface area (Å²) in [6, 6.07) is 4.83. The number of nitrogens with two attached hydrogens (primary N) is 1. The summed E-state index contributed by atoms with van der Waals surface area (Å²) in [5, 5.41) is 0. The second-order valence-electron chi connectivity index (χ2n) is 5.86. The third-order valence-corrected chi connectivity index (χ3v) is 4.01. The first-order valence-electron chi connectivity index (χ1n) is 7.69. The van der Waals surface area contributed by atoms with E-state index >= 15 is 0 Å². The predicted octanol–water partition coefficient (Wildman–Crippen LogP) is 2.30. The van der Waals surface area contributed by atoms with Gasteiger partial charge in [0.15, 0.2) is 0 Å². The van der Waals surface area contributed by atoms with Crippen molar-refractivity contribution in [2.45, 2.75) is 31.8 Å². The molecule has 1 aliphatic rings. The lowest BCUT2D eigenvalue weighted by Crippen LogP contribution is -2.47. The van der Waals surface area contributed by atoms with E-state index in [2.05, 4.69) is 4.74 Å². The van der Waals surface area contributed by atoms with E-state index in [1.165, 1.54) is 29.2 Å². The number of halogens is 3. The van der Waals surface area contributed by atoms with Gasteiger partial charge >= 0.3 is 6.36 Å². The highest BCUT2D eigenvalue weighted by Crippen LogP contribution is 2.23. The minimum absolute atomic E-state index is 0.0938. The molecule has 8 heteroatoms. The lowest BCUT2D eigenvalue weighted by atomic mass is 9.91. The van der Waals surface area contributed by atoms with Crippen LogP contribution < -0.4 is 10.5 Å². The second kappa shape index (κ2) is 7.85. The number of carbonyl (C=O) groups is 1. The number of amides is 1. The van der Waals surface area contributed by atoms with Gasteiger partial charge in [0.25, 0.3) is 0 Å². The maximum absolute atomic E-state index is 12.4. The zero-order chi connectivity index (χ0) is 17.7. The maximum Gasteiger partial charge on any atom is 0.573 e. The van der Waals surface area contributed by atoms with Crippen LogP contribution in [0.15, 0.2) is 24.3 Å². The summed E-state index contributed by atoms with van der Waals surface area (Å²) in [5.41, 5.74) is 6.74. The Labute approximate surface area is 138 Å². The van der Waals surface area contributed by atoms with Crippen LogP contribution >= 0.6 is 0 Å². The highest BCUT2D eigenvalue weighted by molar-refractivity contribution is 5.81. The third kappa shape index (κ3) is 5.38. The Kier molecular flexibility index (Phi) is 6.06. The zero-order valence-electron chi connectivity index (χ0n) is 13.4. The summed E-state index contributed by atoms with van der Waals surface area (Å²) < 4.78 is 45.5. The molecule has 2 N–H and O–H groups in total. The van der Waals surface area contributed by atoms with Crippen molar-refractivity contribution < 1.29 is 27.4 Å². The molecule has 0 aromatic heterocycles. The number of likely N-dealkylation sites (N-methyl/N-ethyl adjacent to an activating group) is 1. The van der Waals surface area contributed by atoms with Gasteiger partial charge < -0.3 is 20.1 Å². The highest BCUT2D eigenvalue weighted by Gasteiger charge is 2.31. The molecule has 1 saturated heterocycles. The van der Waals surface area contributed by atoms with Crippen LogP contribution in [0.25, 0.3) is 0 Å². The summed E-state index contributed by atoms with van der Waals surface area (Å²) >= 11 is 0. The molecular formula is C16H21F3N2O3. The zero-order valence-corrected chi connectivity index (χ0v) is 13.4. The number of hydrogen-bond acceptors (Lipinski definition) is 4. The number of alkyl halides is 3. The highest BCUT2D eigenvalue weighted by atomic mass is 19.4. The molecule has 1 aromatic rings. The van der Waals surface area contributed by atoms with Crippen LogP contribution in [-0.2, 0) is 16.1 Å². The van der Waals surface area contributed by atoms with E-state index in [9.17, 15) is 18.0 Å². The second-order valence-corrected chi connectivity index (χ2v) is 5.86. The number of ether oxygens (including phenoxy) is 2. The summed E-state index contributed by atoms with van der Waals surface area (Å²) in [5.74, 6) is -0.382. The molecule has 0 aliphatic carbocycles. The molecule has 1 atom stereocenters. The van der Waals surface area contributed by atoms with Gasteiger partial charge in [-0.25, -0.2) is 0 Å². The first-order valence-corrected chi connectivity index (χ1v) is 7.69. The maximum atomic E-state index is 12.4. The molecule has 1 unspecified atom stereocenters. The Morgan fingerprint density at radius 1 is 1.33 bits per heavy atom. The van der Waals surface area contributed by atoms with Gasteiger partial charge in [0.1, 0.15) is 5.75 Å². The Morgan fingerprint density at radius 2 is 1.92 bits per heavy atom. The number of hydrogen-bond donors (Lipinski definition) is 1. The molecule has 134 valence electrons. The number of nitrogens with zero attached hydrogens (tertiary/aromatic N) is 1. The van der Waals surface area contributed by atoms with Gasteiger partial charge in [-0.05, 0) is 36.5 Å². The molecule has 0 saturated carbocycles. The fourth-order valence-electron chi connectivity index (χ4n) is 2.68. The lowest BCUT2D eigenvalue weighted by molar-refractivity contribution is -0.274. The standard InChI is InChI=1S/C16H21F3N2O3/c1-21(15(22)14(20)12-6-8-23-9-7-12)10-11-2-4-13(5-3-11)24-16(17,18)19/h2-5,12,14H,6-10,20H2,1H3. The molecule has 5 nitrogen and oxygen atoms in total. The average Bonchev–Trinajstić information content (AvgIpc) is 2.54. The van der Waals surface area contributed by atoms with Crippen molar-refractivity contribution in [3.05, 3.63) is 29.8 Å². The first-order chi connectivity index (χ1) is 11.3. The molecule has 1 aromatic carbocycles. The SMILES string of the molecule is CN(Cc1ccc(OC(F)(F)F)cc1)C(=O)C(N)C1CCOCC1. The molecule has 1 fully saturated rings. The van der Waals surface area contributed by atoms with Gasteiger partial charge in [0, 0.05) is 26.8 Å². The average molecular weight is 346 g/mol. The van der Waals surface area contributed by atoms with Crippen LogP contribution in [0.5, 0.6) is 5.75 Å². The lowest BCUT2D eigenvalue weighted by Gasteiger charge is -2.29. The van der Waals surface area contributed by atoms with Crippen molar-refractivity contribution >= 4 is 5.91 Å². The molecule has 0 bridgehead atoms. The quantitative estimate of drug-likeness (QED) is 0.889. The summed E-state index contributed by atoms with van der Waals surface area (Å²) in [6.07, 6.45) is -3.21. The summed E-state index contributed by atoms with van der Waals surface area (Å²) in [4.78, 5) is 13.9. The number of carbonyl (C=O) groups excluding carboxylic acids is 1. The van der Waals surface area contributed by atoms with Crippen molar-refractivity contribution in [1.29, 1.82) is 0 Å². The van der Waals surface area contributed by atoms with E-state index in [0.29, 0.717) is 18.8 Å². The van der Waals surface area contributed by atoms with Gasteiger partial charge in [-0.2, -0.15) is 0 Å². The summed E-state index contributed by atoms with van der Waals surface area (Å²) in [6.45, 7) is 1.48. The number of rotatable bonds is 5. The van der Waals surface area contributed by atoms with Gasteiger partial charge in [0.2, 0.25) is 5.91 Å². The molecule has 24 heavy (non-hydrogen) atoms. The molecule has 1 amide bonds. The van der Waals surface area contributed by atoms with E-state index in [1.54, 1.807) is 7.05 Å². The normalized spacial score (nSPS) is 17.4. The van der Waals surface area contributed by atoms with E-state index < -0.39 is 12.4 Å². The Balaban J connectivity index is 1.90. The van der Waals surface area contributed by atoms with Crippen LogP contribution in [-0.4, -0.2) is 43.5 Å². The Morgan fingerprint density at radius 3 is 2.46 bits per heavy atom. The largest absolute Gasteiger partial charge is 0.573 e. The van der Waals surface area contributed by atoms with Crippen molar-refractivity contribution in [3.8, 4) is 5.75 Å². The third-order valence-electron chi connectivity index (χ3n) is 4.01. The topological polar surface area (TPSA) is 64.8 Å². The monoisotopic (exact) mass is 346 g/mol. The van der Waals surface area contributed by atoms with E-state index in [0.717, 1.165) is 12.8 Å². The first kappa shape index (κ1) is 18.5. The Bertz CT molecular complexity index is 542. The minimum Gasteiger partial charge on any atom is -0.406 e. The molecule has 0 spiro atoms.